The lowest BCUT2D eigenvalue weighted by atomic mass is 10.1. The zero-order valence-corrected chi connectivity index (χ0v) is 11.9. The second-order valence-corrected chi connectivity index (χ2v) is 5.49. The van der Waals surface area contributed by atoms with Crippen molar-refractivity contribution in [2.75, 3.05) is 19.7 Å². The fourth-order valence-corrected chi connectivity index (χ4v) is 1.60. The standard InChI is InChI=1S/C14H31NO/c1-6-14(11-15-10-13(4)5)16-9-7-8-12(2)3/h12-15H,6-11H2,1-5H3. The van der Waals surface area contributed by atoms with E-state index >= 15 is 0 Å². The van der Waals surface area contributed by atoms with E-state index in [1.54, 1.807) is 0 Å². The minimum absolute atomic E-state index is 0.394. The molecule has 0 aliphatic rings. The fourth-order valence-electron chi connectivity index (χ4n) is 1.60. The highest BCUT2D eigenvalue weighted by Crippen LogP contribution is 2.05. The molecule has 0 amide bonds. The van der Waals surface area contributed by atoms with Crippen LogP contribution >= 0.6 is 0 Å². The Hall–Kier alpha value is -0.0800. The minimum atomic E-state index is 0.394. The molecule has 0 rings (SSSR count). The van der Waals surface area contributed by atoms with Crippen LogP contribution in [0.4, 0.5) is 0 Å². The Morgan fingerprint density at radius 2 is 1.69 bits per heavy atom. The van der Waals surface area contributed by atoms with Gasteiger partial charge in [-0.05, 0) is 37.6 Å². The molecule has 0 aliphatic heterocycles. The van der Waals surface area contributed by atoms with E-state index in [2.05, 4.69) is 39.9 Å². The van der Waals surface area contributed by atoms with E-state index in [1.165, 1.54) is 12.8 Å². The maximum absolute atomic E-state index is 5.86. The van der Waals surface area contributed by atoms with Crippen LogP contribution in [0, 0.1) is 11.8 Å². The first kappa shape index (κ1) is 15.9. The maximum Gasteiger partial charge on any atom is 0.0696 e. The molecule has 0 fully saturated rings. The van der Waals surface area contributed by atoms with Gasteiger partial charge in [0.2, 0.25) is 0 Å². The van der Waals surface area contributed by atoms with Gasteiger partial charge in [0.15, 0.2) is 0 Å². The van der Waals surface area contributed by atoms with Gasteiger partial charge in [0, 0.05) is 13.2 Å². The van der Waals surface area contributed by atoms with Crippen molar-refractivity contribution in [1.82, 2.24) is 5.32 Å². The Morgan fingerprint density at radius 3 is 2.19 bits per heavy atom. The highest BCUT2D eigenvalue weighted by molar-refractivity contribution is 4.61. The molecule has 2 nitrogen and oxygen atoms in total. The zero-order chi connectivity index (χ0) is 12.4. The van der Waals surface area contributed by atoms with Crippen molar-refractivity contribution in [3.8, 4) is 0 Å². The van der Waals surface area contributed by atoms with Gasteiger partial charge < -0.3 is 10.1 Å². The van der Waals surface area contributed by atoms with E-state index in [0.717, 1.165) is 38.0 Å². The van der Waals surface area contributed by atoms with Gasteiger partial charge in [0.1, 0.15) is 0 Å². The lowest BCUT2D eigenvalue weighted by Gasteiger charge is -2.18. The topological polar surface area (TPSA) is 21.3 Å². The van der Waals surface area contributed by atoms with E-state index in [1.807, 2.05) is 0 Å². The number of nitrogens with one attached hydrogen (secondary N) is 1. The van der Waals surface area contributed by atoms with Crippen LogP contribution in [0.3, 0.4) is 0 Å². The average molecular weight is 229 g/mol. The third-order valence-corrected chi connectivity index (χ3v) is 2.66. The second-order valence-electron chi connectivity index (χ2n) is 5.49. The summed E-state index contributed by atoms with van der Waals surface area (Å²) in [4.78, 5) is 0. The minimum Gasteiger partial charge on any atom is -0.377 e. The van der Waals surface area contributed by atoms with E-state index in [9.17, 15) is 0 Å². The third kappa shape index (κ3) is 10.4. The Bertz CT molecular complexity index is 146. The van der Waals surface area contributed by atoms with Crippen LogP contribution in [0.5, 0.6) is 0 Å². The summed E-state index contributed by atoms with van der Waals surface area (Å²) in [7, 11) is 0. The van der Waals surface area contributed by atoms with Crippen LogP contribution < -0.4 is 5.32 Å². The predicted octanol–water partition coefficient (Wildman–Crippen LogP) is 3.46. The normalized spacial score (nSPS) is 13.7. The predicted molar refractivity (Wildman–Crippen MR) is 71.8 cm³/mol. The molecule has 1 N–H and O–H groups in total. The number of hydrogen-bond donors (Lipinski definition) is 1. The van der Waals surface area contributed by atoms with E-state index in [4.69, 9.17) is 4.74 Å². The molecule has 0 aromatic carbocycles. The summed E-state index contributed by atoms with van der Waals surface area (Å²) < 4.78 is 5.86. The van der Waals surface area contributed by atoms with Crippen molar-refractivity contribution in [3.05, 3.63) is 0 Å². The lowest BCUT2D eigenvalue weighted by Crippen LogP contribution is -2.31. The van der Waals surface area contributed by atoms with Crippen LogP contribution in [-0.4, -0.2) is 25.8 Å². The monoisotopic (exact) mass is 229 g/mol. The van der Waals surface area contributed by atoms with Crippen molar-refractivity contribution < 1.29 is 4.74 Å². The average Bonchev–Trinajstić information content (AvgIpc) is 2.20. The van der Waals surface area contributed by atoms with E-state index in [-0.39, 0.29) is 0 Å². The number of hydrogen-bond acceptors (Lipinski definition) is 2. The van der Waals surface area contributed by atoms with Crippen LogP contribution in [-0.2, 0) is 4.74 Å². The molecule has 0 aromatic heterocycles. The van der Waals surface area contributed by atoms with Crippen molar-refractivity contribution in [1.29, 1.82) is 0 Å². The van der Waals surface area contributed by atoms with Crippen LogP contribution in [0.25, 0.3) is 0 Å². The molecule has 1 atom stereocenters. The van der Waals surface area contributed by atoms with Gasteiger partial charge in [-0.3, -0.25) is 0 Å². The second kappa shape index (κ2) is 10.1. The van der Waals surface area contributed by atoms with Crippen LogP contribution in [0.1, 0.15) is 53.9 Å². The summed E-state index contributed by atoms with van der Waals surface area (Å²) in [5, 5.41) is 3.46. The van der Waals surface area contributed by atoms with Gasteiger partial charge in [-0.2, -0.15) is 0 Å². The van der Waals surface area contributed by atoms with Crippen molar-refractivity contribution in [2.24, 2.45) is 11.8 Å². The molecule has 98 valence electrons. The smallest absolute Gasteiger partial charge is 0.0696 e. The Labute approximate surface area is 102 Å². The van der Waals surface area contributed by atoms with Gasteiger partial charge in [-0.25, -0.2) is 0 Å². The quantitative estimate of drug-likeness (QED) is 0.579. The SMILES string of the molecule is CCC(CNCC(C)C)OCCCC(C)C. The summed E-state index contributed by atoms with van der Waals surface area (Å²) >= 11 is 0. The highest BCUT2D eigenvalue weighted by atomic mass is 16.5. The third-order valence-electron chi connectivity index (χ3n) is 2.66. The molecule has 0 saturated heterocycles. The zero-order valence-electron chi connectivity index (χ0n) is 11.9. The molecular weight excluding hydrogens is 198 g/mol. The van der Waals surface area contributed by atoms with Gasteiger partial charge in [0.25, 0.3) is 0 Å². The molecule has 0 radical (unpaired) electrons. The summed E-state index contributed by atoms with van der Waals surface area (Å²) in [5.74, 6) is 1.51. The summed E-state index contributed by atoms with van der Waals surface area (Å²) in [6.07, 6.45) is 3.96. The van der Waals surface area contributed by atoms with Crippen molar-refractivity contribution in [3.63, 3.8) is 0 Å². The molecule has 0 aliphatic carbocycles. The Kier molecular flexibility index (Phi) is 10.0. The fraction of sp³-hybridized carbons (Fsp3) is 1.00. The first-order chi connectivity index (χ1) is 7.56. The first-order valence-electron chi connectivity index (χ1n) is 6.88. The molecule has 0 spiro atoms. The van der Waals surface area contributed by atoms with Crippen LogP contribution in [0.2, 0.25) is 0 Å². The largest absolute Gasteiger partial charge is 0.377 e. The van der Waals surface area contributed by atoms with Gasteiger partial charge in [0.05, 0.1) is 6.10 Å². The van der Waals surface area contributed by atoms with Crippen molar-refractivity contribution >= 4 is 0 Å². The summed E-state index contributed by atoms with van der Waals surface area (Å²) in [6.45, 7) is 14.2. The van der Waals surface area contributed by atoms with E-state index < -0.39 is 0 Å². The van der Waals surface area contributed by atoms with Gasteiger partial charge in [-0.1, -0.05) is 34.6 Å². The molecule has 0 bridgehead atoms. The van der Waals surface area contributed by atoms with E-state index in [0.29, 0.717) is 6.10 Å². The maximum atomic E-state index is 5.86. The summed E-state index contributed by atoms with van der Waals surface area (Å²) in [6, 6.07) is 0. The Morgan fingerprint density at radius 1 is 1.00 bits per heavy atom. The first-order valence-corrected chi connectivity index (χ1v) is 6.88. The van der Waals surface area contributed by atoms with Gasteiger partial charge in [-0.15, -0.1) is 0 Å². The molecule has 2 heteroatoms. The lowest BCUT2D eigenvalue weighted by molar-refractivity contribution is 0.0467. The molecular formula is C14H31NO. The highest BCUT2D eigenvalue weighted by Gasteiger charge is 2.06. The molecule has 0 heterocycles. The number of ether oxygens (including phenoxy) is 1. The molecule has 0 saturated carbocycles. The molecule has 16 heavy (non-hydrogen) atoms. The molecule has 1 unspecified atom stereocenters. The molecule has 0 aromatic rings. The van der Waals surface area contributed by atoms with Crippen molar-refractivity contribution in [2.45, 2.75) is 60.0 Å². The van der Waals surface area contributed by atoms with Crippen LogP contribution in [0.15, 0.2) is 0 Å². The number of rotatable bonds is 10. The Balaban J connectivity index is 3.44. The van der Waals surface area contributed by atoms with Gasteiger partial charge >= 0.3 is 0 Å². The summed E-state index contributed by atoms with van der Waals surface area (Å²) in [5.41, 5.74) is 0.